The smallest absolute Gasteiger partial charge is 0.306 e. The summed E-state index contributed by atoms with van der Waals surface area (Å²) in [6.45, 7) is 6.51. The van der Waals surface area contributed by atoms with Crippen molar-refractivity contribution in [2.75, 3.05) is 13.2 Å². The number of esters is 3. The summed E-state index contributed by atoms with van der Waals surface area (Å²) >= 11 is 0. The first-order valence-electron chi connectivity index (χ1n) is 33.4. The molecule has 1 unspecified atom stereocenters. The molecule has 0 N–H and O–H groups in total. The highest BCUT2D eigenvalue weighted by Gasteiger charge is 2.19. The topological polar surface area (TPSA) is 78.9 Å². The molecule has 0 amide bonds. The van der Waals surface area contributed by atoms with Crippen molar-refractivity contribution < 1.29 is 28.6 Å². The summed E-state index contributed by atoms with van der Waals surface area (Å²) < 4.78 is 16.9. The van der Waals surface area contributed by atoms with Gasteiger partial charge in [-0.2, -0.15) is 0 Å². The molecule has 1 atom stereocenters. The number of allylic oxidation sites excluding steroid dienone is 12. The van der Waals surface area contributed by atoms with E-state index >= 15 is 0 Å². The number of ether oxygens (including phenoxy) is 3. The van der Waals surface area contributed by atoms with Gasteiger partial charge in [0.2, 0.25) is 0 Å². The number of hydrogen-bond donors (Lipinski definition) is 0. The summed E-state index contributed by atoms with van der Waals surface area (Å²) in [4.78, 5) is 38.3. The Kier molecular flexibility index (Phi) is 62.7. The number of unbranched alkanes of at least 4 members (excludes halogenated alkanes) is 38. The molecule has 0 aliphatic heterocycles. The lowest BCUT2D eigenvalue weighted by molar-refractivity contribution is -0.167. The third-order valence-electron chi connectivity index (χ3n) is 14.7. The number of carbonyl (C=O) groups is 3. The van der Waals surface area contributed by atoms with E-state index in [4.69, 9.17) is 14.2 Å². The molecule has 0 rings (SSSR count). The Labute approximate surface area is 478 Å². The monoisotopic (exact) mass is 1070 g/mol. The molecule has 0 heterocycles. The lowest BCUT2D eigenvalue weighted by Gasteiger charge is -2.18. The Balaban J connectivity index is 4.32. The minimum absolute atomic E-state index is 0.0874. The van der Waals surface area contributed by atoms with Crippen LogP contribution in [-0.4, -0.2) is 37.2 Å². The van der Waals surface area contributed by atoms with Crippen molar-refractivity contribution in [2.45, 2.75) is 348 Å². The third kappa shape index (κ3) is 63.6. The fourth-order valence-corrected chi connectivity index (χ4v) is 9.70. The van der Waals surface area contributed by atoms with E-state index < -0.39 is 6.10 Å². The van der Waals surface area contributed by atoms with Crippen LogP contribution >= 0.6 is 0 Å². The summed E-state index contributed by atoms with van der Waals surface area (Å²) in [5.41, 5.74) is 0. The molecule has 6 nitrogen and oxygen atoms in total. The Morgan fingerprint density at radius 3 is 0.844 bits per heavy atom. The number of hydrogen-bond acceptors (Lipinski definition) is 6. The molecule has 0 spiro atoms. The van der Waals surface area contributed by atoms with Crippen molar-refractivity contribution in [1.29, 1.82) is 0 Å². The maximum atomic E-state index is 12.9. The average Bonchev–Trinajstić information content (AvgIpc) is 3.43. The molecule has 0 bridgehead atoms. The van der Waals surface area contributed by atoms with Gasteiger partial charge in [0.1, 0.15) is 13.2 Å². The normalized spacial score (nSPS) is 12.5. The van der Waals surface area contributed by atoms with Gasteiger partial charge in [-0.25, -0.2) is 0 Å². The van der Waals surface area contributed by atoms with Gasteiger partial charge in [0.15, 0.2) is 6.10 Å². The third-order valence-corrected chi connectivity index (χ3v) is 14.7. The van der Waals surface area contributed by atoms with Gasteiger partial charge in [-0.05, 0) is 89.9 Å². The quantitative estimate of drug-likeness (QED) is 0.0261. The van der Waals surface area contributed by atoms with Crippen LogP contribution in [0.1, 0.15) is 342 Å². The molecule has 0 aliphatic rings. The van der Waals surface area contributed by atoms with E-state index in [0.717, 1.165) is 89.9 Å². The van der Waals surface area contributed by atoms with E-state index in [2.05, 4.69) is 93.7 Å². The first-order valence-corrected chi connectivity index (χ1v) is 33.4. The fraction of sp³-hybridized carbons (Fsp3) is 0.789. The maximum absolute atomic E-state index is 12.9. The lowest BCUT2D eigenvalue weighted by atomic mass is 10.0. The second-order valence-electron chi connectivity index (χ2n) is 22.4. The molecule has 0 radical (unpaired) electrons. The van der Waals surface area contributed by atoms with Crippen molar-refractivity contribution in [2.24, 2.45) is 0 Å². The molecule has 446 valence electrons. The summed E-state index contributed by atoms with van der Waals surface area (Å²) in [6.07, 6.45) is 85.0. The van der Waals surface area contributed by atoms with Gasteiger partial charge in [0.05, 0.1) is 0 Å². The van der Waals surface area contributed by atoms with Gasteiger partial charge in [0.25, 0.3) is 0 Å². The van der Waals surface area contributed by atoms with Crippen molar-refractivity contribution >= 4 is 17.9 Å². The van der Waals surface area contributed by atoms with E-state index in [9.17, 15) is 14.4 Å². The first-order chi connectivity index (χ1) is 38.0. The molecule has 0 aromatic heterocycles. The largest absolute Gasteiger partial charge is 0.462 e. The zero-order chi connectivity index (χ0) is 55.7. The highest BCUT2D eigenvalue weighted by Crippen LogP contribution is 2.18. The van der Waals surface area contributed by atoms with E-state index in [1.165, 1.54) is 212 Å². The first kappa shape index (κ1) is 73.8. The van der Waals surface area contributed by atoms with Crippen LogP contribution in [0.25, 0.3) is 0 Å². The maximum Gasteiger partial charge on any atom is 0.306 e. The second kappa shape index (κ2) is 65.4. The van der Waals surface area contributed by atoms with Gasteiger partial charge in [-0.3, -0.25) is 14.4 Å². The van der Waals surface area contributed by atoms with Gasteiger partial charge < -0.3 is 14.2 Å². The minimum atomic E-state index is -0.795. The molecular weight excluding hydrogens is 949 g/mol. The zero-order valence-electron chi connectivity index (χ0n) is 51.2. The fourth-order valence-electron chi connectivity index (χ4n) is 9.70. The van der Waals surface area contributed by atoms with Crippen LogP contribution in [0, 0.1) is 0 Å². The van der Waals surface area contributed by atoms with Gasteiger partial charge >= 0.3 is 17.9 Å². The Morgan fingerprint density at radius 2 is 0.506 bits per heavy atom. The van der Waals surface area contributed by atoms with Crippen LogP contribution in [-0.2, 0) is 28.6 Å². The van der Waals surface area contributed by atoms with Crippen LogP contribution < -0.4 is 0 Å². The SMILES string of the molecule is CC/C=C\C/C=C\C/C=C\C/C=C\CCCCC(=O)OCC(COC(=O)CCCCCCCCCCCCCCCCCCCCCCCCCCC)OC(=O)CCCCCCCCCCC/C=C\C/C=C\CCCCC. The highest BCUT2D eigenvalue weighted by atomic mass is 16.6. The van der Waals surface area contributed by atoms with Crippen LogP contribution in [0.2, 0.25) is 0 Å². The summed E-state index contributed by atoms with van der Waals surface area (Å²) in [7, 11) is 0. The molecule has 0 aromatic carbocycles. The Hall–Kier alpha value is -3.15. The molecule has 0 aliphatic carbocycles. The molecule has 0 saturated carbocycles. The molecule has 77 heavy (non-hydrogen) atoms. The molecule has 6 heteroatoms. The van der Waals surface area contributed by atoms with E-state index in [1.807, 2.05) is 0 Å². The van der Waals surface area contributed by atoms with E-state index in [-0.39, 0.29) is 31.1 Å². The predicted molar refractivity (Wildman–Crippen MR) is 335 cm³/mol. The van der Waals surface area contributed by atoms with E-state index in [1.54, 1.807) is 0 Å². The number of carbonyl (C=O) groups excluding carboxylic acids is 3. The summed E-state index contributed by atoms with van der Waals surface area (Å²) in [6, 6.07) is 0. The molecule has 0 saturated heterocycles. The van der Waals surface area contributed by atoms with Crippen molar-refractivity contribution in [3.8, 4) is 0 Å². The lowest BCUT2D eigenvalue weighted by Crippen LogP contribution is -2.30. The van der Waals surface area contributed by atoms with E-state index in [0.29, 0.717) is 19.3 Å². The van der Waals surface area contributed by atoms with Crippen LogP contribution in [0.15, 0.2) is 72.9 Å². The van der Waals surface area contributed by atoms with Crippen molar-refractivity contribution in [3.05, 3.63) is 72.9 Å². The van der Waals surface area contributed by atoms with Gasteiger partial charge in [-0.1, -0.05) is 306 Å². The Bertz CT molecular complexity index is 1420. The van der Waals surface area contributed by atoms with Gasteiger partial charge in [0, 0.05) is 19.3 Å². The van der Waals surface area contributed by atoms with Crippen molar-refractivity contribution in [3.63, 3.8) is 0 Å². The standard InChI is InChI=1S/C71H126O6/c1-4-7-10-13-16-19-22-25-28-30-32-33-34-35-36-37-39-40-43-46-49-52-55-58-61-64-70(73)76-67-68(66-75-69(72)63-60-57-54-51-48-45-42-27-24-21-18-15-12-9-6-3)77-71(74)65-62-59-56-53-50-47-44-41-38-31-29-26-23-20-17-14-11-8-5-2/h9,12,17-18,20-21,26-27,29,42,48,51,68H,4-8,10-11,13-16,19,22-25,28,30-41,43-47,49-50,52-67H2,1-3H3/b12-9-,20-17-,21-18-,29-26-,42-27-,51-48-. The molecule has 0 fully saturated rings. The van der Waals surface area contributed by atoms with Gasteiger partial charge in [-0.15, -0.1) is 0 Å². The second-order valence-corrected chi connectivity index (χ2v) is 22.4. The Morgan fingerprint density at radius 1 is 0.273 bits per heavy atom. The number of rotatable bonds is 61. The van der Waals surface area contributed by atoms with Crippen molar-refractivity contribution in [1.82, 2.24) is 0 Å². The van der Waals surface area contributed by atoms with Crippen LogP contribution in [0.4, 0.5) is 0 Å². The van der Waals surface area contributed by atoms with Crippen LogP contribution in [0.3, 0.4) is 0 Å². The minimum Gasteiger partial charge on any atom is -0.462 e. The molecule has 0 aromatic rings. The summed E-state index contributed by atoms with van der Waals surface area (Å²) in [5, 5.41) is 0. The highest BCUT2D eigenvalue weighted by molar-refractivity contribution is 5.71. The van der Waals surface area contributed by atoms with Crippen LogP contribution in [0.5, 0.6) is 0 Å². The average molecular weight is 1080 g/mol. The molecular formula is C71H126O6. The predicted octanol–water partition coefficient (Wildman–Crippen LogP) is 22.9. The zero-order valence-corrected chi connectivity index (χ0v) is 51.2. The summed E-state index contributed by atoms with van der Waals surface area (Å²) in [5.74, 6) is -0.917.